The summed E-state index contributed by atoms with van der Waals surface area (Å²) in [5, 5.41) is 2.33. The van der Waals surface area contributed by atoms with Crippen molar-refractivity contribution in [2.45, 2.75) is 70.9 Å². The van der Waals surface area contributed by atoms with Crippen molar-refractivity contribution in [2.75, 3.05) is 13.1 Å². The first kappa shape index (κ1) is 25.5. The molecule has 192 valence electrons. The topological polar surface area (TPSA) is 103 Å². The Balaban J connectivity index is 1.41. The van der Waals surface area contributed by atoms with E-state index in [2.05, 4.69) is 17.2 Å². The molecule has 0 bridgehead atoms. The Hall–Kier alpha value is -3.54. The standard InChI is InChI=1S/C27H34N4O5/c1-27(2,3)36-26(35)30-16-14-18(15-17-30)8-5-6-9-19-10-7-11-20-23(19)29(4)25(34)31(20)21-12-13-22(32)28-24(21)33/h7,10-11,18,21H,5,8,12-17H2,1-4H3,(H,28,32,33). The Morgan fingerprint density at radius 1 is 1.14 bits per heavy atom. The van der Waals surface area contributed by atoms with Crippen LogP contribution in [0.4, 0.5) is 4.79 Å². The van der Waals surface area contributed by atoms with Crippen LogP contribution in [0.5, 0.6) is 0 Å². The van der Waals surface area contributed by atoms with E-state index >= 15 is 0 Å². The molecule has 9 heteroatoms. The maximum Gasteiger partial charge on any atom is 0.410 e. The van der Waals surface area contributed by atoms with E-state index in [1.807, 2.05) is 39.0 Å². The molecular formula is C27H34N4O5. The van der Waals surface area contributed by atoms with Gasteiger partial charge in [0.25, 0.3) is 0 Å². The highest BCUT2D eigenvalue weighted by Crippen LogP contribution is 2.25. The molecule has 0 radical (unpaired) electrons. The second-order valence-corrected chi connectivity index (χ2v) is 10.6. The number of carbonyl (C=O) groups excluding carboxylic acids is 3. The highest BCUT2D eigenvalue weighted by atomic mass is 16.6. The van der Waals surface area contributed by atoms with E-state index < -0.39 is 17.6 Å². The van der Waals surface area contributed by atoms with Crippen molar-refractivity contribution in [1.82, 2.24) is 19.4 Å². The Labute approximate surface area is 210 Å². The van der Waals surface area contributed by atoms with Gasteiger partial charge in [0, 0.05) is 33.0 Å². The zero-order valence-electron chi connectivity index (χ0n) is 21.4. The largest absolute Gasteiger partial charge is 0.444 e. The van der Waals surface area contributed by atoms with E-state index in [4.69, 9.17) is 4.74 Å². The number of aryl methyl sites for hydroxylation is 1. The number of piperidine rings is 2. The average molecular weight is 495 g/mol. The lowest BCUT2D eigenvalue weighted by atomic mass is 9.92. The van der Waals surface area contributed by atoms with Gasteiger partial charge in [0.15, 0.2) is 0 Å². The van der Waals surface area contributed by atoms with Gasteiger partial charge in [-0.3, -0.25) is 24.0 Å². The van der Waals surface area contributed by atoms with Crippen LogP contribution in [0.15, 0.2) is 23.0 Å². The number of imide groups is 1. The highest BCUT2D eigenvalue weighted by molar-refractivity contribution is 6.00. The number of ether oxygens (including phenoxy) is 1. The number of carbonyl (C=O) groups is 3. The maximum absolute atomic E-state index is 13.0. The highest BCUT2D eigenvalue weighted by Gasteiger charge is 2.31. The molecule has 1 N–H and O–H groups in total. The number of benzene rings is 1. The second-order valence-electron chi connectivity index (χ2n) is 10.6. The molecule has 1 aromatic carbocycles. The number of hydrogen-bond acceptors (Lipinski definition) is 5. The van der Waals surface area contributed by atoms with Crippen LogP contribution < -0.4 is 11.0 Å². The van der Waals surface area contributed by atoms with Gasteiger partial charge < -0.3 is 9.64 Å². The number of para-hydroxylation sites is 1. The summed E-state index contributed by atoms with van der Waals surface area (Å²) in [6.45, 7) is 7.01. The minimum absolute atomic E-state index is 0.204. The van der Waals surface area contributed by atoms with Crippen LogP contribution in [-0.2, 0) is 21.4 Å². The first-order chi connectivity index (χ1) is 17.0. The number of rotatable bonds is 3. The van der Waals surface area contributed by atoms with Crippen molar-refractivity contribution in [3.05, 3.63) is 34.2 Å². The van der Waals surface area contributed by atoms with Crippen LogP contribution in [0.1, 0.15) is 70.9 Å². The number of fused-ring (bicyclic) bond motifs is 1. The van der Waals surface area contributed by atoms with Crippen LogP contribution in [-0.4, -0.2) is 50.6 Å². The minimum Gasteiger partial charge on any atom is -0.444 e. The third kappa shape index (κ3) is 5.48. The summed E-state index contributed by atoms with van der Waals surface area (Å²) in [4.78, 5) is 51.0. The third-order valence-corrected chi connectivity index (χ3v) is 6.79. The van der Waals surface area contributed by atoms with Gasteiger partial charge in [0.05, 0.1) is 16.6 Å². The average Bonchev–Trinajstić information content (AvgIpc) is 3.07. The van der Waals surface area contributed by atoms with Crippen molar-refractivity contribution >= 4 is 28.9 Å². The normalized spacial score (nSPS) is 19.1. The molecule has 36 heavy (non-hydrogen) atoms. The van der Waals surface area contributed by atoms with E-state index in [0.717, 1.165) is 31.2 Å². The lowest BCUT2D eigenvalue weighted by Crippen LogP contribution is -2.44. The molecule has 3 heterocycles. The number of hydrogen-bond donors (Lipinski definition) is 1. The predicted molar refractivity (Wildman–Crippen MR) is 135 cm³/mol. The van der Waals surface area contributed by atoms with Crippen LogP contribution in [0.2, 0.25) is 0 Å². The molecule has 4 rings (SSSR count). The summed E-state index contributed by atoms with van der Waals surface area (Å²) >= 11 is 0. The van der Waals surface area contributed by atoms with E-state index in [1.165, 1.54) is 9.13 Å². The molecule has 1 aromatic heterocycles. The monoisotopic (exact) mass is 494 g/mol. The lowest BCUT2D eigenvalue weighted by Gasteiger charge is -2.33. The van der Waals surface area contributed by atoms with Gasteiger partial charge in [-0.05, 0) is 64.5 Å². The quantitative estimate of drug-likeness (QED) is 0.522. The summed E-state index contributed by atoms with van der Waals surface area (Å²) in [6.07, 6.45) is 3.78. The van der Waals surface area contributed by atoms with Crippen molar-refractivity contribution in [1.29, 1.82) is 0 Å². The van der Waals surface area contributed by atoms with Crippen LogP contribution >= 0.6 is 0 Å². The Kier molecular flexibility index (Phi) is 7.25. The van der Waals surface area contributed by atoms with E-state index in [0.29, 0.717) is 36.5 Å². The Bertz CT molecular complexity index is 1300. The Morgan fingerprint density at radius 2 is 1.86 bits per heavy atom. The summed E-state index contributed by atoms with van der Waals surface area (Å²) in [5.74, 6) is 6.22. The molecular weight excluding hydrogens is 460 g/mol. The molecule has 2 aliphatic heterocycles. The predicted octanol–water partition coefficient (Wildman–Crippen LogP) is 3.10. The van der Waals surface area contributed by atoms with Gasteiger partial charge in [-0.2, -0.15) is 0 Å². The molecule has 9 nitrogen and oxygen atoms in total. The van der Waals surface area contributed by atoms with Gasteiger partial charge in [-0.25, -0.2) is 9.59 Å². The maximum atomic E-state index is 13.0. The molecule has 3 amide bonds. The summed E-state index contributed by atoms with van der Waals surface area (Å²) in [5.41, 5.74) is 1.27. The molecule has 1 atom stereocenters. The van der Waals surface area contributed by atoms with E-state index in [1.54, 1.807) is 11.9 Å². The molecule has 0 saturated carbocycles. The van der Waals surface area contributed by atoms with Gasteiger partial charge in [-0.15, -0.1) is 0 Å². The molecule has 2 aromatic rings. The number of nitrogens with one attached hydrogen (secondary N) is 1. The molecule has 0 spiro atoms. The van der Waals surface area contributed by atoms with E-state index in [-0.39, 0.29) is 24.1 Å². The number of imidazole rings is 1. The smallest absolute Gasteiger partial charge is 0.410 e. The molecule has 2 saturated heterocycles. The van der Waals surface area contributed by atoms with E-state index in [9.17, 15) is 19.2 Å². The second kappa shape index (κ2) is 10.2. The fraction of sp³-hybridized carbons (Fsp3) is 0.556. The van der Waals surface area contributed by atoms with Crippen molar-refractivity contribution < 1.29 is 19.1 Å². The van der Waals surface area contributed by atoms with Crippen LogP contribution in [0, 0.1) is 17.8 Å². The zero-order valence-corrected chi connectivity index (χ0v) is 21.4. The van der Waals surface area contributed by atoms with Gasteiger partial charge in [-0.1, -0.05) is 17.9 Å². The van der Waals surface area contributed by atoms with Crippen molar-refractivity contribution in [3.8, 4) is 11.8 Å². The first-order valence-electron chi connectivity index (χ1n) is 12.6. The Morgan fingerprint density at radius 3 is 2.53 bits per heavy atom. The molecule has 2 aliphatic rings. The summed E-state index contributed by atoms with van der Waals surface area (Å²) < 4.78 is 8.46. The van der Waals surface area contributed by atoms with Crippen molar-refractivity contribution in [2.24, 2.45) is 13.0 Å². The van der Waals surface area contributed by atoms with Gasteiger partial charge in [0.2, 0.25) is 11.8 Å². The lowest BCUT2D eigenvalue weighted by molar-refractivity contribution is -0.135. The number of likely N-dealkylation sites (tertiary alicyclic amines) is 1. The summed E-state index contributed by atoms with van der Waals surface area (Å²) in [6, 6.07) is 4.81. The fourth-order valence-corrected chi connectivity index (χ4v) is 4.93. The number of amides is 3. The van der Waals surface area contributed by atoms with Gasteiger partial charge in [0.1, 0.15) is 11.6 Å². The number of nitrogens with zero attached hydrogens (tertiary/aromatic N) is 3. The fourth-order valence-electron chi connectivity index (χ4n) is 4.93. The first-order valence-corrected chi connectivity index (χ1v) is 12.6. The molecule has 1 unspecified atom stereocenters. The molecule has 2 fully saturated rings. The zero-order chi connectivity index (χ0) is 26.0. The minimum atomic E-state index is -0.714. The summed E-state index contributed by atoms with van der Waals surface area (Å²) in [7, 11) is 1.68. The SMILES string of the molecule is Cn1c(=O)n(C2CCC(=O)NC2=O)c2cccc(C#CCCC3CCN(C(=O)OC(C)(C)C)CC3)c21. The molecule has 0 aliphatic carbocycles. The third-order valence-electron chi connectivity index (χ3n) is 6.79. The van der Waals surface area contributed by atoms with Crippen LogP contribution in [0.25, 0.3) is 11.0 Å². The number of aromatic nitrogens is 2. The van der Waals surface area contributed by atoms with Gasteiger partial charge >= 0.3 is 11.8 Å². The van der Waals surface area contributed by atoms with Crippen LogP contribution in [0.3, 0.4) is 0 Å². The van der Waals surface area contributed by atoms with Crippen molar-refractivity contribution in [3.63, 3.8) is 0 Å².